The molecule has 0 aliphatic carbocycles. The molecule has 0 spiro atoms. The first-order valence-corrected chi connectivity index (χ1v) is 14.7. The molecule has 11 nitrogen and oxygen atoms in total. The van der Waals surface area contributed by atoms with E-state index in [4.69, 9.17) is 14.8 Å². The number of thiazole rings is 1. The molecule has 0 bridgehead atoms. The van der Waals surface area contributed by atoms with Crippen molar-refractivity contribution in [3.05, 3.63) is 47.2 Å². The summed E-state index contributed by atoms with van der Waals surface area (Å²) in [5, 5.41) is 26.8. The van der Waals surface area contributed by atoms with Gasteiger partial charge in [-0.05, 0) is 37.3 Å². The molecular formula is C29H31FN8O3S. The van der Waals surface area contributed by atoms with E-state index in [0.717, 1.165) is 16.9 Å². The molecule has 2 aliphatic heterocycles. The SMILES string of the molecule is CCn1nc2ncc(N3CCN(C(=O)C4(O)CCOCC4)CC3)cc2c1N(C)c1nc(-c2ccc(F)cc2)c(C#N)s1. The predicted octanol–water partition coefficient (Wildman–Crippen LogP) is 3.54. The molecule has 0 saturated carbocycles. The van der Waals surface area contributed by atoms with Gasteiger partial charge in [-0.1, -0.05) is 11.3 Å². The van der Waals surface area contributed by atoms with Crippen molar-refractivity contribution >= 4 is 44.9 Å². The van der Waals surface area contributed by atoms with Gasteiger partial charge in [0.2, 0.25) is 0 Å². The molecule has 0 unspecified atom stereocenters. The van der Waals surface area contributed by atoms with Gasteiger partial charge in [0.05, 0.1) is 17.3 Å². The number of carbonyl (C=O) groups excluding carboxylic acids is 1. The number of amides is 1. The van der Waals surface area contributed by atoms with Crippen molar-refractivity contribution in [2.75, 3.05) is 56.2 Å². The number of pyridine rings is 1. The first-order chi connectivity index (χ1) is 20.3. The molecule has 0 atom stereocenters. The summed E-state index contributed by atoms with van der Waals surface area (Å²) < 4.78 is 20.7. The fraction of sp³-hybridized carbons (Fsp3) is 0.414. The van der Waals surface area contributed by atoms with Gasteiger partial charge in [0.1, 0.15) is 33.9 Å². The topological polar surface area (TPSA) is 124 Å². The first-order valence-electron chi connectivity index (χ1n) is 13.9. The summed E-state index contributed by atoms with van der Waals surface area (Å²) in [5.41, 5.74) is 1.34. The summed E-state index contributed by atoms with van der Waals surface area (Å²) in [5.74, 6) is 0.227. The van der Waals surface area contributed by atoms with Crippen LogP contribution in [0.15, 0.2) is 36.5 Å². The number of anilines is 3. The number of carbonyl (C=O) groups is 1. The van der Waals surface area contributed by atoms with E-state index in [1.807, 2.05) is 23.6 Å². The van der Waals surface area contributed by atoms with E-state index < -0.39 is 5.60 Å². The van der Waals surface area contributed by atoms with E-state index in [1.165, 1.54) is 23.5 Å². The fourth-order valence-corrected chi connectivity index (χ4v) is 6.39. The van der Waals surface area contributed by atoms with Crippen LogP contribution < -0.4 is 9.80 Å². The van der Waals surface area contributed by atoms with E-state index in [-0.39, 0.29) is 11.7 Å². The summed E-state index contributed by atoms with van der Waals surface area (Å²) in [6.07, 6.45) is 2.45. The van der Waals surface area contributed by atoms with Gasteiger partial charge >= 0.3 is 0 Å². The molecular weight excluding hydrogens is 559 g/mol. The van der Waals surface area contributed by atoms with Crippen LogP contribution in [0.3, 0.4) is 0 Å². The van der Waals surface area contributed by atoms with Gasteiger partial charge in [0.15, 0.2) is 10.8 Å². The lowest BCUT2D eigenvalue weighted by Gasteiger charge is -2.40. The minimum atomic E-state index is -1.34. The number of nitrogens with zero attached hydrogens (tertiary/aromatic N) is 8. The predicted molar refractivity (Wildman–Crippen MR) is 157 cm³/mol. The molecule has 218 valence electrons. The maximum atomic E-state index is 13.5. The quantitative estimate of drug-likeness (QED) is 0.359. The molecule has 42 heavy (non-hydrogen) atoms. The Bertz CT molecular complexity index is 1650. The Morgan fingerprint density at radius 3 is 2.60 bits per heavy atom. The van der Waals surface area contributed by atoms with Crippen LogP contribution in [-0.2, 0) is 16.1 Å². The number of ether oxygens (including phenoxy) is 1. The highest BCUT2D eigenvalue weighted by atomic mass is 32.1. The van der Waals surface area contributed by atoms with Gasteiger partial charge in [0.25, 0.3) is 5.91 Å². The van der Waals surface area contributed by atoms with Crippen LogP contribution >= 0.6 is 11.3 Å². The third-order valence-electron chi connectivity index (χ3n) is 7.94. The summed E-state index contributed by atoms with van der Waals surface area (Å²) in [7, 11) is 1.88. The van der Waals surface area contributed by atoms with E-state index >= 15 is 0 Å². The van der Waals surface area contributed by atoms with Crippen molar-refractivity contribution in [3.63, 3.8) is 0 Å². The number of aromatic nitrogens is 4. The second-order valence-electron chi connectivity index (χ2n) is 10.5. The van der Waals surface area contributed by atoms with Gasteiger partial charge in [-0.3, -0.25) is 4.79 Å². The largest absolute Gasteiger partial charge is 0.381 e. The average molecular weight is 591 g/mol. The summed E-state index contributed by atoms with van der Waals surface area (Å²) in [4.78, 5) is 28.8. The second kappa shape index (κ2) is 11.3. The van der Waals surface area contributed by atoms with Gasteiger partial charge in [0, 0.05) is 71.4 Å². The Morgan fingerprint density at radius 2 is 1.93 bits per heavy atom. The lowest BCUT2D eigenvalue weighted by atomic mass is 9.92. The number of benzene rings is 1. The molecule has 1 N–H and O–H groups in total. The van der Waals surface area contributed by atoms with Crippen molar-refractivity contribution in [1.82, 2.24) is 24.6 Å². The number of nitriles is 1. The van der Waals surface area contributed by atoms with Gasteiger partial charge in [-0.15, -0.1) is 0 Å². The van der Waals surface area contributed by atoms with Crippen molar-refractivity contribution in [3.8, 4) is 17.3 Å². The van der Waals surface area contributed by atoms with Crippen molar-refractivity contribution in [1.29, 1.82) is 5.26 Å². The Labute approximate surface area is 246 Å². The third-order valence-corrected chi connectivity index (χ3v) is 8.98. The highest BCUT2D eigenvalue weighted by Gasteiger charge is 2.41. The molecule has 1 aromatic carbocycles. The van der Waals surface area contributed by atoms with Crippen LogP contribution in [0.25, 0.3) is 22.3 Å². The minimum absolute atomic E-state index is 0.215. The van der Waals surface area contributed by atoms with E-state index in [2.05, 4.69) is 22.0 Å². The zero-order valence-corrected chi connectivity index (χ0v) is 24.3. The van der Waals surface area contributed by atoms with Crippen molar-refractivity contribution < 1.29 is 19.0 Å². The Kier molecular flexibility index (Phi) is 7.53. The molecule has 13 heteroatoms. The zero-order valence-electron chi connectivity index (χ0n) is 23.5. The van der Waals surface area contributed by atoms with Crippen LogP contribution in [0.2, 0.25) is 0 Å². The number of hydrogen-bond donors (Lipinski definition) is 1. The smallest absolute Gasteiger partial charge is 0.254 e. The lowest BCUT2D eigenvalue weighted by Crippen LogP contribution is -2.57. The molecule has 4 aromatic rings. The number of rotatable bonds is 6. The molecule has 5 heterocycles. The fourth-order valence-electron chi connectivity index (χ4n) is 5.55. The summed E-state index contributed by atoms with van der Waals surface area (Å²) in [6, 6.07) is 10.2. The van der Waals surface area contributed by atoms with Gasteiger partial charge in [-0.2, -0.15) is 10.4 Å². The van der Waals surface area contributed by atoms with E-state index in [1.54, 1.807) is 23.2 Å². The van der Waals surface area contributed by atoms with Gasteiger partial charge in [-0.25, -0.2) is 19.0 Å². The molecule has 2 fully saturated rings. The number of piperazine rings is 1. The maximum absolute atomic E-state index is 13.5. The van der Waals surface area contributed by atoms with E-state index in [0.29, 0.717) is 85.7 Å². The lowest BCUT2D eigenvalue weighted by molar-refractivity contribution is -0.161. The van der Waals surface area contributed by atoms with E-state index in [9.17, 15) is 19.6 Å². The normalized spacial score (nSPS) is 16.9. The second-order valence-corrected chi connectivity index (χ2v) is 11.5. The number of hydrogen-bond acceptors (Lipinski definition) is 10. The molecule has 1 amide bonds. The monoisotopic (exact) mass is 590 g/mol. The summed E-state index contributed by atoms with van der Waals surface area (Å²) >= 11 is 1.26. The van der Waals surface area contributed by atoms with Crippen LogP contribution in [0.5, 0.6) is 0 Å². The summed E-state index contributed by atoms with van der Waals surface area (Å²) in [6.45, 7) is 5.60. The highest BCUT2D eigenvalue weighted by Crippen LogP contribution is 2.38. The Balaban J connectivity index is 1.26. The molecule has 3 aromatic heterocycles. The van der Waals surface area contributed by atoms with Crippen LogP contribution in [-0.4, -0.2) is 87.7 Å². The molecule has 2 aliphatic rings. The zero-order chi connectivity index (χ0) is 29.4. The Morgan fingerprint density at radius 1 is 1.21 bits per heavy atom. The molecule has 6 rings (SSSR count). The van der Waals surface area contributed by atoms with Crippen molar-refractivity contribution in [2.45, 2.75) is 31.9 Å². The van der Waals surface area contributed by atoms with Crippen LogP contribution in [0.1, 0.15) is 24.6 Å². The standard InChI is InChI=1S/C29H31FN8O3S/c1-3-38-26(35(2)28-33-24(23(17-31)42-28)19-4-6-20(30)7-5-19)22-16-21(18-32-25(22)34-38)36-10-12-37(13-11-36)27(39)29(40)8-14-41-15-9-29/h4-7,16,18,40H,3,8-15H2,1-2H3. The number of aliphatic hydroxyl groups is 1. The highest BCUT2D eigenvalue weighted by molar-refractivity contribution is 7.16. The third kappa shape index (κ3) is 5.06. The molecule has 0 radical (unpaired) electrons. The molecule has 2 saturated heterocycles. The number of halogens is 1. The van der Waals surface area contributed by atoms with Crippen molar-refractivity contribution in [2.24, 2.45) is 0 Å². The number of aryl methyl sites for hydroxylation is 1. The van der Waals surface area contributed by atoms with Crippen LogP contribution in [0, 0.1) is 17.1 Å². The van der Waals surface area contributed by atoms with Crippen LogP contribution in [0.4, 0.5) is 21.0 Å². The van der Waals surface area contributed by atoms with Gasteiger partial charge < -0.3 is 24.5 Å². The maximum Gasteiger partial charge on any atom is 0.254 e. The first kappa shape index (κ1) is 28.0. The average Bonchev–Trinajstić information content (AvgIpc) is 3.62. The minimum Gasteiger partial charge on any atom is -0.381 e. The Hall–Kier alpha value is -4.12. The number of fused-ring (bicyclic) bond motifs is 1.